The number of nitrogens with one attached hydrogen (secondary N) is 2. The molecule has 3 rings (SSSR count). The van der Waals surface area contributed by atoms with Crippen LogP contribution in [-0.4, -0.2) is 35.7 Å². The van der Waals surface area contributed by atoms with Crippen LogP contribution >= 0.6 is 11.6 Å². The molecule has 2 heterocycles. The van der Waals surface area contributed by atoms with Gasteiger partial charge in [-0.05, 0) is 45.4 Å². The SMILES string of the molecule is CC(C)(C)OC(=O)N1CCC2(C1)NC(=O)Nc1ccc(Cl)cc12. The Labute approximate surface area is 140 Å². The number of nitrogens with zero attached hydrogens (tertiary/aromatic N) is 1. The normalized spacial score (nSPS) is 23.3. The van der Waals surface area contributed by atoms with Gasteiger partial charge in [-0.25, -0.2) is 9.59 Å². The molecule has 1 spiro atoms. The topological polar surface area (TPSA) is 70.7 Å². The number of carbonyl (C=O) groups is 2. The zero-order valence-corrected chi connectivity index (χ0v) is 14.2. The second-order valence-electron chi connectivity index (χ2n) is 7.00. The van der Waals surface area contributed by atoms with Crippen molar-refractivity contribution >= 4 is 29.4 Å². The van der Waals surface area contributed by atoms with Gasteiger partial charge in [0, 0.05) is 22.8 Å². The highest BCUT2D eigenvalue weighted by molar-refractivity contribution is 6.30. The third-order valence-electron chi connectivity index (χ3n) is 4.02. The van der Waals surface area contributed by atoms with Crippen LogP contribution in [0.2, 0.25) is 5.02 Å². The lowest BCUT2D eigenvalue weighted by molar-refractivity contribution is 0.0281. The van der Waals surface area contributed by atoms with Crippen LogP contribution in [0.25, 0.3) is 0 Å². The van der Waals surface area contributed by atoms with E-state index >= 15 is 0 Å². The summed E-state index contributed by atoms with van der Waals surface area (Å²) >= 11 is 6.12. The predicted molar refractivity (Wildman–Crippen MR) is 87.7 cm³/mol. The van der Waals surface area contributed by atoms with Gasteiger partial charge in [0.2, 0.25) is 0 Å². The minimum atomic E-state index is -0.626. The maximum absolute atomic E-state index is 12.3. The number of ether oxygens (including phenoxy) is 1. The van der Waals surface area contributed by atoms with E-state index in [4.69, 9.17) is 16.3 Å². The monoisotopic (exact) mass is 337 g/mol. The first kappa shape index (κ1) is 15.9. The van der Waals surface area contributed by atoms with Crippen LogP contribution in [0.3, 0.4) is 0 Å². The van der Waals surface area contributed by atoms with Gasteiger partial charge in [0.1, 0.15) is 5.60 Å². The molecule has 0 saturated carbocycles. The highest BCUT2D eigenvalue weighted by Crippen LogP contribution is 2.40. The molecule has 2 aliphatic rings. The molecule has 1 atom stereocenters. The molecule has 1 aromatic rings. The van der Waals surface area contributed by atoms with Crippen LogP contribution in [0, 0.1) is 0 Å². The van der Waals surface area contributed by atoms with Crippen LogP contribution < -0.4 is 10.6 Å². The molecule has 1 aromatic carbocycles. The smallest absolute Gasteiger partial charge is 0.410 e. The van der Waals surface area contributed by atoms with E-state index in [0.717, 1.165) is 11.3 Å². The number of anilines is 1. The maximum atomic E-state index is 12.3. The van der Waals surface area contributed by atoms with E-state index in [1.54, 1.807) is 17.0 Å². The molecule has 0 radical (unpaired) electrons. The number of fused-ring (bicyclic) bond motifs is 2. The van der Waals surface area contributed by atoms with Gasteiger partial charge in [-0.2, -0.15) is 0 Å². The Balaban J connectivity index is 1.88. The number of urea groups is 1. The second kappa shape index (κ2) is 5.30. The first-order valence-electron chi connectivity index (χ1n) is 7.56. The highest BCUT2D eigenvalue weighted by Gasteiger charge is 2.47. The van der Waals surface area contributed by atoms with E-state index in [-0.39, 0.29) is 12.1 Å². The standard InChI is InChI=1S/C16H20ClN3O3/c1-15(2,3)23-14(22)20-7-6-16(9-20)11-8-10(17)4-5-12(11)18-13(21)19-16/h4-5,8H,6-7,9H2,1-3H3,(H2,18,19,21). The van der Waals surface area contributed by atoms with Crippen LogP contribution in [0.4, 0.5) is 15.3 Å². The second-order valence-corrected chi connectivity index (χ2v) is 7.44. The molecule has 0 bridgehead atoms. The molecule has 23 heavy (non-hydrogen) atoms. The summed E-state index contributed by atoms with van der Waals surface area (Å²) < 4.78 is 5.43. The van der Waals surface area contributed by atoms with Gasteiger partial charge in [0.25, 0.3) is 0 Å². The lowest BCUT2D eigenvalue weighted by Crippen LogP contribution is -2.53. The molecule has 7 heteroatoms. The van der Waals surface area contributed by atoms with Gasteiger partial charge in [-0.3, -0.25) is 0 Å². The summed E-state index contributed by atoms with van der Waals surface area (Å²) in [6, 6.07) is 5.09. The van der Waals surface area contributed by atoms with E-state index in [9.17, 15) is 9.59 Å². The number of hydrogen-bond donors (Lipinski definition) is 2. The van der Waals surface area contributed by atoms with E-state index in [2.05, 4.69) is 10.6 Å². The van der Waals surface area contributed by atoms with Crippen molar-refractivity contribution in [1.82, 2.24) is 10.2 Å². The lowest BCUT2D eigenvalue weighted by atomic mass is 9.86. The zero-order valence-electron chi connectivity index (χ0n) is 13.4. The molecule has 1 unspecified atom stereocenters. The summed E-state index contributed by atoms with van der Waals surface area (Å²) in [5.41, 5.74) is 0.449. The van der Waals surface area contributed by atoms with E-state index < -0.39 is 11.1 Å². The first-order valence-corrected chi connectivity index (χ1v) is 7.93. The van der Waals surface area contributed by atoms with Crippen molar-refractivity contribution in [3.63, 3.8) is 0 Å². The molecule has 0 aliphatic carbocycles. The predicted octanol–water partition coefficient (Wildman–Crippen LogP) is 3.31. The Morgan fingerprint density at radius 3 is 2.83 bits per heavy atom. The molecular formula is C16H20ClN3O3. The zero-order chi connectivity index (χ0) is 16.8. The Morgan fingerprint density at radius 1 is 1.39 bits per heavy atom. The maximum Gasteiger partial charge on any atom is 0.410 e. The number of carbonyl (C=O) groups excluding carboxylic acids is 2. The van der Waals surface area contributed by atoms with Gasteiger partial charge < -0.3 is 20.3 Å². The Morgan fingerprint density at radius 2 is 2.13 bits per heavy atom. The molecular weight excluding hydrogens is 318 g/mol. The van der Waals surface area contributed by atoms with Crippen molar-refractivity contribution in [3.05, 3.63) is 28.8 Å². The van der Waals surface area contributed by atoms with Crippen LogP contribution in [0.1, 0.15) is 32.8 Å². The molecule has 0 aromatic heterocycles. The summed E-state index contributed by atoms with van der Waals surface area (Å²) in [5.74, 6) is 0. The van der Waals surface area contributed by atoms with Crippen molar-refractivity contribution in [2.24, 2.45) is 0 Å². The summed E-state index contributed by atoms with van der Waals surface area (Å²) in [5, 5.41) is 6.34. The van der Waals surface area contributed by atoms with Gasteiger partial charge >= 0.3 is 12.1 Å². The van der Waals surface area contributed by atoms with Crippen LogP contribution in [0.5, 0.6) is 0 Å². The van der Waals surface area contributed by atoms with Crippen molar-refractivity contribution < 1.29 is 14.3 Å². The van der Waals surface area contributed by atoms with Crippen molar-refractivity contribution in [2.75, 3.05) is 18.4 Å². The fraction of sp³-hybridized carbons (Fsp3) is 0.500. The van der Waals surface area contributed by atoms with Crippen LogP contribution in [-0.2, 0) is 10.3 Å². The van der Waals surface area contributed by atoms with Crippen molar-refractivity contribution in [3.8, 4) is 0 Å². The number of halogens is 1. The summed E-state index contributed by atoms with van der Waals surface area (Å²) in [7, 11) is 0. The van der Waals surface area contributed by atoms with Crippen molar-refractivity contribution in [2.45, 2.75) is 38.3 Å². The van der Waals surface area contributed by atoms with Gasteiger partial charge in [-0.15, -0.1) is 0 Å². The molecule has 2 aliphatic heterocycles. The third-order valence-corrected chi connectivity index (χ3v) is 4.25. The number of amides is 3. The summed E-state index contributed by atoms with van der Waals surface area (Å²) in [4.78, 5) is 25.9. The lowest BCUT2D eigenvalue weighted by Gasteiger charge is -2.37. The number of hydrogen-bond acceptors (Lipinski definition) is 3. The minimum absolute atomic E-state index is 0.272. The third kappa shape index (κ3) is 3.08. The molecule has 1 fully saturated rings. The van der Waals surface area contributed by atoms with Gasteiger partial charge in [-0.1, -0.05) is 11.6 Å². The Bertz CT molecular complexity index is 671. The number of likely N-dealkylation sites (tertiary alicyclic amines) is 1. The molecule has 6 nitrogen and oxygen atoms in total. The molecule has 2 N–H and O–H groups in total. The molecule has 124 valence electrons. The average molecular weight is 338 g/mol. The fourth-order valence-corrected chi connectivity index (χ4v) is 3.25. The van der Waals surface area contributed by atoms with E-state index in [0.29, 0.717) is 24.5 Å². The average Bonchev–Trinajstić information content (AvgIpc) is 2.83. The number of benzene rings is 1. The number of rotatable bonds is 0. The van der Waals surface area contributed by atoms with E-state index in [1.807, 2.05) is 26.8 Å². The molecule has 3 amide bonds. The summed E-state index contributed by atoms with van der Waals surface area (Å²) in [6.45, 7) is 6.37. The fourth-order valence-electron chi connectivity index (χ4n) is 3.07. The highest BCUT2D eigenvalue weighted by atomic mass is 35.5. The Hall–Kier alpha value is -1.95. The van der Waals surface area contributed by atoms with Gasteiger partial charge in [0.05, 0.1) is 12.1 Å². The largest absolute Gasteiger partial charge is 0.444 e. The van der Waals surface area contributed by atoms with Crippen LogP contribution in [0.15, 0.2) is 18.2 Å². The molecule has 1 saturated heterocycles. The quantitative estimate of drug-likeness (QED) is 0.763. The Kier molecular flexibility index (Phi) is 3.67. The van der Waals surface area contributed by atoms with Gasteiger partial charge in [0.15, 0.2) is 0 Å². The summed E-state index contributed by atoms with van der Waals surface area (Å²) in [6.07, 6.45) is 0.248. The minimum Gasteiger partial charge on any atom is -0.444 e. The van der Waals surface area contributed by atoms with E-state index in [1.165, 1.54) is 0 Å². The first-order chi connectivity index (χ1) is 10.7. The van der Waals surface area contributed by atoms with Crippen molar-refractivity contribution in [1.29, 1.82) is 0 Å².